The number of sulfonamides is 1. The molecule has 0 fully saturated rings. The second-order valence-corrected chi connectivity index (χ2v) is 8.00. The van der Waals surface area contributed by atoms with Gasteiger partial charge in [0.15, 0.2) is 0 Å². The smallest absolute Gasteiger partial charge is 0.241 e. The van der Waals surface area contributed by atoms with Gasteiger partial charge in [0.25, 0.3) is 0 Å². The first-order chi connectivity index (χ1) is 9.08. The Morgan fingerprint density at radius 1 is 1.25 bits per heavy atom. The van der Waals surface area contributed by atoms with Crippen molar-refractivity contribution in [1.82, 2.24) is 4.72 Å². The van der Waals surface area contributed by atoms with E-state index >= 15 is 0 Å². The second kappa shape index (κ2) is 6.24. The minimum absolute atomic E-state index is 0.0443. The van der Waals surface area contributed by atoms with Crippen LogP contribution in [-0.2, 0) is 10.0 Å². The van der Waals surface area contributed by atoms with Crippen LogP contribution >= 0.6 is 0 Å². The molecule has 1 unspecified atom stereocenters. The Hall–Kier alpha value is -0.910. The Labute approximate surface area is 122 Å². The minimum atomic E-state index is -3.57. The molecular weight excluding hydrogens is 274 g/mol. The number of hydrogen-bond acceptors (Lipinski definition) is 3. The topological polar surface area (TPSA) is 66.4 Å². The number of rotatable bonds is 5. The van der Waals surface area contributed by atoms with Gasteiger partial charge in [-0.15, -0.1) is 0 Å². The number of hydrogen-bond donors (Lipinski definition) is 2. The van der Waals surface area contributed by atoms with Crippen molar-refractivity contribution in [2.45, 2.75) is 52.0 Å². The van der Waals surface area contributed by atoms with Gasteiger partial charge in [0.2, 0.25) is 10.0 Å². The van der Waals surface area contributed by atoms with Crippen molar-refractivity contribution in [3.8, 4) is 0 Å². The maximum absolute atomic E-state index is 12.5. The fraction of sp³-hybridized carbons (Fsp3) is 0.600. The minimum Gasteiger partial charge on any atom is -0.396 e. The summed E-state index contributed by atoms with van der Waals surface area (Å²) in [6.45, 7) is 9.55. The van der Waals surface area contributed by atoms with Gasteiger partial charge in [-0.1, -0.05) is 38.5 Å². The molecular formula is C15H25NO3S. The normalized spacial score (nSPS) is 14.3. The lowest BCUT2D eigenvalue weighted by Crippen LogP contribution is -2.44. The van der Waals surface area contributed by atoms with Crippen LogP contribution in [0.5, 0.6) is 0 Å². The molecule has 114 valence electrons. The second-order valence-electron chi connectivity index (χ2n) is 6.32. The highest BCUT2D eigenvalue weighted by Gasteiger charge is 2.29. The molecule has 1 aromatic rings. The molecule has 0 aliphatic rings. The first-order valence-electron chi connectivity index (χ1n) is 6.78. The Balaban J connectivity index is 3.10. The van der Waals surface area contributed by atoms with Crippen molar-refractivity contribution >= 4 is 10.0 Å². The number of aliphatic hydroxyl groups excluding tert-OH is 1. The summed E-state index contributed by atoms with van der Waals surface area (Å²) < 4.78 is 27.7. The van der Waals surface area contributed by atoms with E-state index in [4.69, 9.17) is 5.11 Å². The van der Waals surface area contributed by atoms with Gasteiger partial charge in [-0.2, -0.15) is 0 Å². The van der Waals surface area contributed by atoms with E-state index in [9.17, 15) is 8.42 Å². The van der Waals surface area contributed by atoms with Crippen molar-refractivity contribution in [3.05, 3.63) is 29.3 Å². The van der Waals surface area contributed by atoms with E-state index in [1.165, 1.54) is 0 Å². The molecule has 0 aliphatic heterocycles. The molecule has 1 atom stereocenters. The van der Waals surface area contributed by atoms with Crippen molar-refractivity contribution in [2.24, 2.45) is 5.41 Å². The van der Waals surface area contributed by atoms with Gasteiger partial charge in [-0.3, -0.25) is 0 Å². The molecule has 0 bridgehead atoms. The molecule has 1 aromatic carbocycles. The summed E-state index contributed by atoms with van der Waals surface area (Å²) in [5.74, 6) is 0. The standard InChI is InChI=1S/C15H25NO3S/c1-11-6-7-13(12(2)10-11)20(18,19)16-14(8-9-17)15(3,4)5/h6-7,10,14,16-17H,8-9H2,1-5H3. The molecule has 0 aliphatic carbocycles. The molecule has 0 heterocycles. The summed E-state index contributed by atoms with van der Waals surface area (Å²) in [5, 5.41) is 9.12. The molecule has 0 radical (unpaired) electrons. The van der Waals surface area contributed by atoms with Crippen LogP contribution in [0.2, 0.25) is 0 Å². The SMILES string of the molecule is Cc1ccc(S(=O)(=O)NC(CCO)C(C)(C)C)c(C)c1. The molecule has 0 saturated carbocycles. The Kier molecular flexibility index (Phi) is 5.35. The Morgan fingerprint density at radius 2 is 1.85 bits per heavy atom. The Morgan fingerprint density at radius 3 is 2.30 bits per heavy atom. The summed E-state index contributed by atoms with van der Waals surface area (Å²) in [6, 6.07) is 4.97. The molecule has 0 spiro atoms. The van der Waals surface area contributed by atoms with Gasteiger partial charge in [-0.05, 0) is 37.3 Å². The van der Waals surface area contributed by atoms with Gasteiger partial charge in [0.1, 0.15) is 0 Å². The summed E-state index contributed by atoms with van der Waals surface area (Å²) >= 11 is 0. The molecule has 0 saturated heterocycles. The first-order valence-corrected chi connectivity index (χ1v) is 8.26. The van der Waals surface area contributed by atoms with Gasteiger partial charge in [0.05, 0.1) is 4.90 Å². The molecule has 0 aromatic heterocycles. The third-order valence-electron chi connectivity index (χ3n) is 3.38. The lowest BCUT2D eigenvalue weighted by molar-refractivity contribution is 0.214. The maximum Gasteiger partial charge on any atom is 0.241 e. The quantitative estimate of drug-likeness (QED) is 0.877. The fourth-order valence-corrected chi connectivity index (χ4v) is 3.85. The van der Waals surface area contributed by atoms with Crippen LogP contribution < -0.4 is 4.72 Å². The largest absolute Gasteiger partial charge is 0.396 e. The number of aryl methyl sites for hydroxylation is 2. The van der Waals surface area contributed by atoms with Crippen LogP contribution in [-0.4, -0.2) is 26.2 Å². The summed E-state index contributed by atoms with van der Waals surface area (Å²) in [4.78, 5) is 0.301. The molecule has 20 heavy (non-hydrogen) atoms. The molecule has 0 amide bonds. The third-order valence-corrected chi connectivity index (χ3v) is 5.01. The van der Waals surface area contributed by atoms with Crippen LogP contribution in [0, 0.1) is 19.3 Å². The zero-order valence-electron chi connectivity index (χ0n) is 12.9. The average Bonchev–Trinajstić information content (AvgIpc) is 2.26. The highest BCUT2D eigenvalue weighted by molar-refractivity contribution is 7.89. The van der Waals surface area contributed by atoms with Crippen LogP contribution in [0.3, 0.4) is 0 Å². The van der Waals surface area contributed by atoms with E-state index < -0.39 is 10.0 Å². The Bertz CT molecular complexity index is 559. The van der Waals surface area contributed by atoms with Gasteiger partial charge in [0, 0.05) is 12.6 Å². The maximum atomic E-state index is 12.5. The molecule has 2 N–H and O–H groups in total. The number of nitrogens with one attached hydrogen (secondary N) is 1. The van der Waals surface area contributed by atoms with E-state index in [2.05, 4.69) is 4.72 Å². The van der Waals surface area contributed by atoms with E-state index in [1.54, 1.807) is 19.1 Å². The molecule has 5 heteroatoms. The predicted molar refractivity (Wildman–Crippen MR) is 81.2 cm³/mol. The van der Waals surface area contributed by atoms with Crippen molar-refractivity contribution in [3.63, 3.8) is 0 Å². The zero-order valence-corrected chi connectivity index (χ0v) is 13.7. The molecule has 4 nitrogen and oxygen atoms in total. The van der Waals surface area contributed by atoms with Crippen LogP contribution in [0.4, 0.5) is 0 Å². The van der Waals surface area contributed by atoms with Gasteiger partial charge >= 0.3 is 0 Å². The van der Waals surface area contributed by atoms with E-state index in [0.29, 0.717) is 11.3 Å². The monoisotopic (exact) mass is 299 g/mol. The van der Waals surface area contributed by atoms with E-state index in [0.717, 1.165) is 11.1 Å². The van der Waals surface area contributed by atoms with E-state index in [1.807, 2.05) is 33.8 Å². The highest BCUT2D eigenvalue weighted by atomic mass is 32.2. The third kappa shape index (κ3) is 4.30. The average molecular weight is 299 g/mol. The van der Waals surface area contributed by atoms with Crippen molar-refractivity contribution in [2.75, 3.05) is 6.61 Å². The summed E-state index contributed by atoms with van der Waals surface area (Å²) in [5.41, 5.74) is 1.51. The lowest BCUT2D eigenvalue weighted by Gasteiger charge is -2.31. The van der Waals surface area contributed by atoms with Gasteiger partial charge in [-0.25, -0.2) is 13.1 Å². The number of aliphatic hydroxyl groups is 1. The summed E-state index contributed by atoms with van der Waals surface area (Å²) in [6.07, 6.45) is 0.396. The fourth-order valence-electron chi connectivity index (χ4n) is 2.15. The zero-order chi connectivity index (χ0) is 15.6. The van der Waals surface area contributed by atoms with Crippen LogP contribution in [0.1, 0.15) is 38.3 Å². The van der Waals surface area contributed by atoms with Crippen molar-refractivity contribution in [1.29, 1.82) is 0 Å². The number of benzene rings is 1. The molecule has 1 rings (SSSR count). The first kappa shape index (κ1) is 17.1. The summed E-state index contributed by atoms with van der Waals surface area (Å²) in [7, 11) is -3.57. The predicted octanol–water partition coefficient (Wildman–Crippen LogP) is 2.38. The van der Waals surface area contributed by atoms with Gasteiger partial charge < -0.3 is 5.11 Å². The highest BCUT2D eigenvalue weighted by Crippen LogP contribution is 2.25. The van der Waals surface area contributed by atoms with Crippen molar-refractivity contribution < 1.29 is 13.5 Å². The van der Waals surface area contributed by atoms with Crippen LogP contribution in [0.25, 0.3) is 0 Å². The van der Waals surface area contributed by atoms with Crippen LogP contribution in [0.15, 0.2) is 23.1 Å². The van der Waals surface area contributed by atoms with E-state index in [-0.39, 0.29) is 18.1 Å². The lowest BCUT2D eigenvalue weighted by atomic mass is 9.86.